The summed E-state index contributed by atoms with van der Waals surface area (Å²) in [5.74, 6) is 0. The second-order valence-electron chi connectivity index (χ2n) is 2.39. The molecule has 0 fully saturated rings. The molecule has 0 aliphatic rings. The third-order valence-corrected chi connectivity index (χ3v) is 5.31. The SMILES string of the molecule is Cn1c(=[Se])[se]c2ccccc21. The molecule has 3 heteroatoms. The van der Waals surface area contributed by atoms with Crippen molar-refractivity contribution >= 4 is 39.9 Å². The van der Waals surface area contributed by atoms with E-state index in [2.05, 4.69) is 51.5 Å². The van der Waals surface area contributed by atoms with Crippen LogP contribution in [0.4, 0.5) is 0 Å². The Hall–Kier alpha value is -0.0710. The molecule has 1 nitrogen and oxygen atoms in total. The molecule has 0 radical (unpaired) electrons. The fourth-order valence-corrected chi connectivity index (χ4v) is 4.11. The first-order valence-corrected chi connectivity index (χ1v) is 5.90. The summed E-state index contributed by atoms with van der Waals surface area (Å²) in [4.78, 5) is 0. The normalized spacial score (nSPS) is 10.6. The Bertz CT molecular complexity index is 439. The number of nitrogens with zero attached hydrogens (tertiary/aromatic N) is 1. The molecule has 2 aromatic rings. The molecular weight excluding hydrogens is 268 g/mol. The van der Waals surface area contributed by atoms with Crippen LogP contribution < -0.4 is 0 Å². The van der Waals surface area contributed by atoms with E-state index in [9.17, 15) is 0 Å². The summed E-state index contributed by atoms with van der Waals surface area (Å²) >= 11 is 3.63. The minimum absolute atomic E-state index is 0.519. The van der Waals surface area contributed by atoms with Crippen LogP contribution in [0.25, 0.3) is 9.78 Å². The first-order valence-electron chi connectivity index (χ1n) is 3.33. The molecule has 0 bridgehead atoms. The maximum absolute atomic E-state index is 3.11. The van der Waals surface area contributed by atoms with Gasteiger partial charge in [-0.25, -0.2) is 0 Å². The van der Waals surface area contributed by atoms with E-state index >= 15 is 0 Å². The Morgan fingerprint density at radius 2 is 2.09 bits per heavy atom. The topological polar surface area (TPSA) is 4.93 Å². The van der Waals surface area contributed by atoms with Crippen molar-refractivity contribution in [2.24, 2.45) is 7.05 Å². The number of para-hydroxylation sites is 1. The van der Waals surface area contributed by atoms with Gasteiger partial charge in [-0.3, -0.25) is 0 Å². The Labute approximate surface area is 78.8 Å². The van der Waals surface area contributed by atoms with Crippen LogP contribution in [0.1, 0.15) is 0 Å². The van der Waals surface area contributed by atoms with Crippen LogP contribution in [-0.2, 0) is 7.05 Å². The predicted molar refractivity (Wildman–Crippen MR) is 48.9 cm³/mol. The van der Waals surface area contributed by atoms with Crippen molar-refractivity contribution in [1.82, 2.24) is 4.57 Å². The minimum atomic E-state index is 0.519. The van der Waals surface area contributed by atoms with Gasteiger partial charge in [0.25, 0.3) is 0 Å². The molecule has 0 saturated heterocycles. The summed E-state index contributed by atoms with van der Waals surface area (Å²) in [6.07, 6.45) is 0. The van der Waals surface area contributed by atoms with E-state index in [-0.39, 0.29) is 0 Å². The molecule has 56 valence electrons. The quantitative estimate of drug-likeness (QED) is 0.630. The zero-order valence-corrected chi connectivity index (χ0v) is 9.50. The summed E-state index contributed by atoms with van der Waals surface area (Å²) in [7, 11) is 2.11. The van der Waals surface area contributed by atoms with Gasteiger partial charge < -0.3 is 0 Å². The number of hydrogen-bond donors (Lipinski definition) is 0. The molecule has 0 unspecified atom stereocenters. The summed E-state index contributed by atoms with van der Waals surface area (Å²) in [6, 6.07) is 8.56. The van der Waals surface area contributed by atoms with Crippen molar-refractivity contribution in [3.05, 3.63) is 27.3 Å². The molecule has 0 saturated carbocycles. The molecular formula is C8H7NSe2. The van der Waals surface area contributed by atoms with E-state index < -0.39 is 0 Å². The Kier molecular flexibility index (Phi) is 1.90. The Morgan fingerprint density at radius 1 is 1.36 bits per heavy atom. The molecule has 1 heterocycles. The molecule has 1 aromatic carbocycles. The maximum atomic E-state index is 3.11. The number of rotatable bonds is 0. The van der Waals surface area contributed by atoms with Gasteiger partial charge in [0, 0.05) is 0 Å². The Balaban J connectivity index is 3.04. The molecule has 1 aromatic heterocycles. The van der Waals surface area contributed by atoms with Crippen LogP contribution in [0.3, 0.4) is 0 Å². The van der Waals surface area contributed by atoms with Gasteiger partial charge in [-0.1, -0.05) is 0 Å². The van der Waals surface area contributed by atoms with Gasteiger partial charge in [0.15, 0.2) is 0 Å². The van der Waals surface area contributed by atoms with Gasteiger partial charge in [0.2, 0.25) is 0 Å². The number of benzene rings is 1. The van der Waals surface area contributed by atoms with E-state index in [0.29, 0.717) is 14.5 Å². The fourth-order valence-electron chi connectivity index (χ4n) is 1.08. The summed E-state index contributed by atoms with van der Waals surface area (Å²) in [5.41, 5.74) is 1.36. The van der Waals surface area contributed by atoms with Gasteiger partial charge in [-0.15, -0.1) is 0 Å². The van der Waals surface area contributed by atoms with Crippen molar-refractivity contribution < 1.29 is 0 Å². The van der Waals surface area contributed by atoms with Crippen molar-refractivity contribution in [1.29, 1.82) is 0 Å². The Morgan fingerprint density at radius 3 is 2.82 bits per heavy atom. The summed E-state index contributed by atoms with van der Waals surface area (Å²) in [6.45, 7) is 0. The van der Waals surface area contributed by atoms with E-state index in [4.69, 9.17) is 0 Å². The van der Waals surface area contributed by atoms with Crippen LogP contribution in [0.15, 0.2) is 24.3 Å². The molecule has 0 atom stereocenters. The van der Waals surface area contributed by atoms with Gasteiger partial charge >= 0.3 is 78.8 Å². The molecule has 0 aliphatic heterocycles. The zero-order valence-electron chi connectivity index (χ0n) is 6.07. The van der Waals surface area contributed by atoms with Gasteiger partial charge in [-0.2, -0.15) is 0 Å². The first kappa shape index (κ1) is 7.57. The third-order valence-electron chi connectivity index (χ3n) is 1.70. The number of fused-ring (bicyclic) bond motifs is 1. The van der Waals surface area contributed by atoms with Crippen LogP contribution in [0, 0.1) is 3.07 Å². The van der Waals surface area contributed by atoms with Gasteiger partial charge in [-0.05, 0) is 0 Å². The first-order chi connectivity index (χ1) is 5.29. The van der Waals surface area contributed by atoms with E-state index in [1.165, 1.54) is 12.8 Å². The molecule has 11 heavy (non-hydrogen) atoms. The van der Waals surface area contributed by atoms with Crippen LogP contribution >= 0.6 is 0 Å². The second-order valence-corrected chi connectivity index (χ2v) is 6.68. The van der Waals surface area contributed by atoms with Crippen molar-refractivity contribution in [3.8, 4) is 0 Å². The monoisotopic (exact) mass is 277 g/mol. The predicted octanol–water partition coefficient (Wildman–Crippen LogP) is 0.936. The van der Waals surface area contributed by atoms with Crippen molar-refractivity contribution in [3.63, 3.8) is 0 Å². The molecule has 0 spiro atoms. The third kappa shape index (κ3) is 1.19. The van der Waals surface area contributed by atoms with Crippen LogP contribution in [-0.4, -0.2) is 34.6 Å². The molecule has 2 rings (SSSR count). The number of aromatic nitrogens is 1. The molecule has 0 N–H and O–H groups in total. The fraction of sp³-hybridized carbons (Fsp3) is 0.125. The van der Waals surface area contributed by atoms with Gasteiger partial charge in [0.05, 0.1) is 0 Å². The van der Waals surface area contributed by atoms with E-state index in [0.717, 1.165) is 0 Å². The van der Waals surface area contributed by atoms with Crippen LogP contribution in [0.5, 0.6) is 0 Å². The average Bonchev–Trinajstić information content (AvgIpc) is 2.30. The van der Waals surface area contributed by atoms with Crippen LogP contribution in [0.2, 0.25) is 0 Å². The molecule has 0 aliphatic carbocycles. The second kappa shape index (κ2) is 2.76. The van der Waals surface area contributed by atoms with Gasteiger partial charge in [0.1, 0.15) is 0 Å². The zero-order chi connectivity index (χ0) is 7.84. The molecule has 0 amide bonds. The number of hydrogen-bond acceptors (Lipinski definition) is 0. The summed E-state index contributed by atoms with van der Waals surface area (Å²) in [5, 5.41) is 0. The average molecular weight is 275 g/mol. The van der Waals surface area contributed by atoms with E-state index in [1.807, 2.05) is 0 Å². The summed E-state index contributed by atoms with van der Waals surface area (Å²) < 4.78 is 5.09. The van der Waals surface area contributed by atoms with E-state index in [1.54, 1.807) is 0 Å². The number of aryl methyl sites for hydroxylation is 1. The van der Waals surface area contributed by atoms with Crippen molar-refractivity contribution in [2.75, 3.05) is 0 Å². The standard InChI is InChI=1S/C8H7NSe2/c1-9-6-4-2-3-5-7(6)11-8(9)10/h2-5H,1H3. The van der Waals surface area contributed by atoms with Crippen molar-refractivity contribution in [2.45, 2.75) is 0 Å².